The Bertz CT molecular complexity index is 503. The maximum Gasteiger partial charge on any atom is 0.251 e. The second kappa shape index (κ2) is 6.21. The first-order valence-corrected chi connectivity index (χ1v) is 6.89. The highest BCUT2D eigenvalue weighted by Gasteiger charge is 2.17. The third-order valence-corrected chi connectivity index (χ3v) is 3.89. The van der Waals surface area contributed by atoms with Crippen molar-refractivity contribution in [2.75, 3.05) is 6.54 Å². The van der Waals surface area contributed by atoms with Crippen molar-refractivity contribution in [1.29, 1.82) is 0 Å². The molecule has 18 heavy (non-hydrogen) atoms. The third-order valence-electron chi connectivity index (χ3n) is 2.47. The summed E-state index contributed by atoms with van der Waals surface area (Å²) in [6, 6.07) is 4.21. The molecule has 0 amide bonds. The number of rotatable bonds is 6. The highest BCUT2D eigenvalue weighted by atomic mass is 32.2. The molecule has 0 aliphatic carbocycles. The summed E-state index contributed by atoms with van der Waals surface area (Å²) in [6.07, 6.45) is -2.09. The van der Waals surface area contributed by atoms with E-state index >= 15 is 0 Å². The van der Waals surface area contributed by atoms with Crippen LogP contribution in [0.5, 0.6) is 0 Å². The van der Waals surface area contributed by atoms with E-state index in [9.17, 15) is 17.2 Å². The van der Waals surface area contributed by atoms with Crippen LogP contribution < -0.4 is 4.72 Å². The monoisotopic (exact) mass is 279 g/mol. The maximum atomic E-state index is 12.0. The number of hydrogen-bond donors (Lipinski definition) is 2. The van der Waals surface area contributed by atoms with Gasteiger partial charge in [0.2, 0.25) is 10.0 Å². The molecule has 0 atom stereocenters. The predicted molar refractivity (Wildman–Crippen MR) is 62.9 cm³/mol. The SMILES string of the molecule is CCc1ccc(S(=O)(=O)NCC(F)F)cc1CO. The summed E-state index contributed by atoms with van der Waals surface area (Å²) < 4.78 is 49.1. The molecule has 1 aromatic carbocycles. The van der Waals surface area contributed by atoms with E-state index in [-0.39, 0.29) is 11.5 Å². The van der Waals surface area contributed by atoms with E-state index in [1.165, 1.54) is 12.1 Å². The maximum absolute atomic E-state index is 12.0. The summed E-state index contributed by atoms with van der Waals surface area (Å²) in [4.78, 5) is -0.121. The standard InChI is InChI=1S/C11H15F2NO3S/c1-2-8-3-4-10(5-9(8)7-15)18(16,17)14-6-11(12)13/h3-5,11,14-15H,2,6-7H2,1H3. The fraction of sp³-hybridized carbons (Fsp3) is 0.455. The molecule has 0 bridgehead atoms. The molecule has 0 saturated carbocycles. The van der Waals surface area contributed by atoms with E-state index < -0.39 is 23.0 Å². The van der Waals surface area contributed by atoms with Gasteiger partial charge in [-0.25, -0.2) is 21.9 Å². The Morgan fingerprint density at radius 2 is 2.00 bits per heavy atom. The zero-order valence-corrected chi connectivity index (χ0v) is 10.7. The van der Waals surface area contributed by atoms with Crippen molar-refractivity contribution in [3.05, 3.63) is 29.3 Å². The lowest BCUT2D eigenvalue weighted by molar-refractivity contribution is 0.153. The van der Waals surface area contributed by atoms with Gasteiger partial charge in [0, 0.05) is 0 Å². The van der Waals surface area contributed by atoms with Crippen LogP contribution in [0.4, 0.5) is 8.78 Å². The number of sulfonamides is 1. The van der Waals surface area contributed by atoms with Gasteiger partial charge in [-0.05, 0) is 29.7 Å². The Labute approximate surface area is 105 Å². The highest BCUT2D eigenvalue weighted by molar-refractivity contribution is 7.89. The Hall–Kier alpha value is -1.05. The molecule has 0 spiro atoms. The number of hydrogen-bond acceptors (Lipinski definition) is 3. The lowest BCUT2D eigenvalue weighted by Crippen LogP contribution is -2.28. The molecule has 7 heteroatoms. The molecule has 0 heterocycles. The van der Waals surface area contributed by atoms with Crippen molar-refractivity contribution in [2.24, 2.45) is 0 Å². The fourth-order valence-electron chi connectivity index (χ4n) is 1.52. The first-order valence-electron chi connectivity index (χ1n) is 5.41. The molecule has 102 valence electrons. The molecule has 0 aromatic heterocycles. The van der Waals surface area contributed by atoms with Gasteiger partial charge in [-0.3, -0.25) is 0 Å². The minimum Gasteiger partial charge on any atom is -0.392 e. The van der Waals surface area contributed by atoms with Crippen molar-refractivity contribution in [2.45, 2.75) is 31.3 Å². The van der Waals surface area contributed by atoms with E-state index in [1.807, 2.05) is 6.92 Å². The summed E-state index contributed by atoms with van der Waals surface area (Å²) in [7, 11) is -3.95. The number of aliphatic hydroxyl groups excluding tert-OH is 1. The molecule has 0 radical (unpaired) electrons. The second-order valence-corrected chi connectivity index (χ2v) is 5.45. The van der Waals surface area contributed by atoms with E-state index in [4.69, 9.17) is 5.11 Å². The zero-order chi connectivity index (χ0) is 13.8. The lowest BCUT2D eigenvalue weighted by Gasteiger charge is -2.10. The van der Waals surface area contributed by atoms with Crippen molar-refractivity contribution in [3.63, 3.8) is 0 Å². The first kappa shape index (κ1) is 15.0. The van der Waals surface area contributed by atoms with E-state index in [0.717, 1.165) is 5.56 Å². The molecule has 4 nitrogen and oxygen atoms in total. The highest BCUT2D eigenvalue weighted by Crippen LogP contribution is 2.17. The minimum absolute atomic E-state index is 0.121. The first-order chi connectivity index (χ1) is 8.40. The summed E-state index contributed by atoms with van der Waals surface area (Å²) in [5.41, 5.74) is 1.31. The molecule has 0 saturated heterocycles. The van der Waals surface area contributed by atoms with Crippen LogP contribution in [0, 0.1) is 0 Å². The Kier molecular flexibility index (Phi) is 5.18. The molecular weight excluding hydrogens is 264 g/mol. The number of benzene rings is 1. The molecule has 0 aliphatic rings. The van der Waals surface area contributed by atoms with Crippen LogP contribution in [0.2, 0.25) is 0 Å². The van der Waals surface area contributed by atoms with Crippen molar-refractivity contribution >= 4 is 10.0 Å². The molecular formula is C11H15F2NO3S. The van der Waals surface area contributed by atoms with Crippen LogP contribution in [-0.4, -0.2) is 26.5 Å². The predicted octanol–water partition coefficient (Wildman–Crippen LogP) is 1.28. The Morgan fingerprint density at radius 3 is 2.50 bits per heavy atom. The lowest BCUT2D eigenvalue weighted by atomic mass is 10.1. The smallest absolute Gasteiger partial charge is 0.251 e. The minimum atomic E-state index is -3.95. The van der Waals surface area contributed by atoms with Crippen LogP contribution in [0.25, 0.3) is 0 Å². The number of nitrogens with one attached hydrogen (secondary N) is 1. The average Bonchev–Trinajstić information content (AvgIpc) is 2.35. The molecule has 0 aliphatic heterocycles. The Morgan fingerprint density at radius 1 is 1.33 bits per heavy atom. The second-order valence-electron chi connectivity index (χ2n) is 3.69. The average molecular weight is 279 g/mol. The number of aliphatic hydroxyl groups is 1. The third kappa shape index (κ3) is 3.72. The van der Waals surface area contributed by atoms with Gasteiger partial charge in [0.25, 0.3) is 6.43 Å². The topological polar surface area (TPSA) is 66.4 Å². The largest absolute Gasteiger partial charge is 0.392 e. The van der Waals surface area contributed by atoms with Gasteiger partial charge < -0.3 is 5.11 Å². The van der Waals surface area contributed by atoms with Gasteiger partial charge in [-0.2, -0.15) is 0 Å². The zero-order valence-electron chi connectivity index (χ0n) is 9.86. The fourth-order valence-corrected chi connectivity index (χ4v) is 2.57. The molecule has 1 aromatic rings. The molecule has 1 rings (SSSR count). The van der Waals surface area contributed by atoms with Crippen LogP contribution in [0.15, 0.2) is 23.1 Å². The van der Waals surface area contributed by atoms with Crippen LogP contribution >= 0.6 is 0 Å². The van der Waals surface area contributed by atoms with Crippen molar-refractivity contribution in [1.82, 2.24) is 4.72 Å². The quantitative estimate of drug-likeness (QED) is 0.824. The normalized spacial score (nSPS) is 12.1. The van der Waals surface area contributed by atoms with Crippen LogP contribution in [0.1, 0.15) is 18.1 Å². The number of aryl methyl sites for hydroxylation is 1. The van der Waals surface area contributed by atoms with Gasteiger partial charge in [-0.15, -0.1) is 0 Å². The van der Waals surface area contributed by atoms with Gasteiger partial charge in [-0.1, -0.05) is 13.0 Å². The van der Waals surface area contributed by atoms with Crippen LogP contribution in [0.3, 0.4) is 0 Å². The summed E-state index contributed by atoms with van der Waals surface area (Å²) in [5.74, 6) is 0. The van der Waals surface area contributed by atoms with Crippen molar-refractivity contribution < 1.29 is 22.3 Å². The van der Waals surface area contributed by atoms with Gasteiger partial charge in [0.05, 0.1) is 18.0 Å². The van der Waals surface area contributed by atoms with E-state index in [0.29, 0.717) is 12.0 Å². The Balaban J connectivity index is 3.02. The molecule has 2 N–H and O–H groups in total. The van der Waals surface area contributed by atoms with E-state index in [2.05, 4.69) is 0 Å². The summed E-state index contributed by atoms with van der Waals surface area (Å²) in [5, 5.41) is 9.12. The van der Waals surface area contributed by atoms with Gasteiger partial charge in [0.15, 0.2) is 0 Å². The van der Waals surface area contributed by atoms with Gasteiger partial charge >= 0.3 is 0 Å². The van der Waals surface area contributed by atoms with Gasteiger partial charge in [0.1, 0.15) is 0 Å². The number of alkyl halides is 2. The molecule has 0 fully saturated rings. The van der Waals surface area contributed by atoms with Crippen LogP contribution in [-0.2, 0) is 23.1 Å². The number of halogens is 2. The summed E-state index contributed by atoms with van der Waals surface area (Å²) >= 11 is 0. The summed E-state index contributed by atoms with van der Waals surface area (Å²) in [6.45, 7) is 0.658. The molecule has 0 unspecified atom stereocenters. The van der Waals surface area contributed by atoms with E-state index in [1.54, 1.807) is 10.8 Å². The van der Waals surface area contributed by atoms with Crippen molar-refractivity contribution in [3.8, 4) is 0 Å².